The maximum Gasteiger partial charge on any atom is 0.251 e. The lowest BCUT2D eigenvalue weighted by Crippen LogP contribution is -2.44. The Bertz CT molecular complexity index is 545. The van der Waals surface area contributed by atoms with Crippen LogP contribution in [0.5, 0.6) is 0 Å². The maximum absolute atomic E-state index is 12.3. The van der Waals surface area contributed by atoms with Gasteiger partial charge in [-0.15, -0.1) is 0 Å². The quantitative estimate of drug-likeness (QED) is 0.670. The molecule has 0 radical (unpaired) electrons. The molecule has 1 amide bonds. The number of β-amino-alcohol motifs (C(OH)–C–C–N with tert-alkyl or cyclic N) is 1. The van der Waals surface area contributed by atoms with Gasteiger partial charge in [0.1, 0.15) is 5.82 Å². The minimum Gasteiger partial charge on any atom is -0.391 e. The number of piperazine rings is 1. The molecule has 2 saturated heterocycles. The van der Waals surface area contributed by atoms with Crippen LogP contribution in [-0.4, -0.2) is 79.9 Å². The van der Waals surface area contributed by atoms with Crippen LogP contribution in [0.2, 0.25) is 0 Å². The molecule has 2 aliphatic rings. The Morgan fingerprint density at radius 3 is 2.87 bits per heavy atom. The van der Waals surface area contributed by atoms with Crippen LogP contribution in [0, 0.1) is 5.92 Å². The van der Waals surface area contributed by atoms with E-state index in [2.05, 4.69) is 32.5 Å². The van der Waals surface area contributed by atoms with Crippen molar-refractivity contribution in [1.82, 2.24) is 20.5 Å². The van der Waals surface area contributed by atoms with Crippen molar-refractivity contribution in [1.29, 1.82) is 0 Å². The molecule has 3 rings (SSSR count). The van der Waals surface area contributed by atoms with Crippen LogP contribution in [-0.2, 0) is 0 Å². The van der Waals surface area contributed by atoms with Gasteiger partial charge in [-0.3, -0.25) is 4.79 Å². The van der Waals surface area contributed by atoms with Crippen molar-refractivity contribution in [3.63, 3.8) is 0 Å². The normalized spacial score (nSPS) is 25.6. The Kier molecular flexibility index (Phi) is 5.09. The molecule has 3 heterocycles. The number of hydrogen-bond donors (Lipinski definition) is 3. The first-order valence-corrected chi connectivity index (χ1v) is 8.20. The van der Waals surface area contributed by atoms with Crippen molar-refractivity contribution in [2.75, 3.05) is 57.8 Å². The van der Waals surface area contributed by atoms with Crippen molar-refractivity contribution >= 4 is 11.7 Å². The molecule has 7 heteroatoms. The molecule has 2 unspecified atom stereocenters. The highest BCUT2D eigenvalue weighted by atomic mass is 16.3. The van der Waals surface area contributed by atoms with E-state index in [1.54, 1.807) is 12.3 Å². The number of pyridine rings is 1. The molecule has 1 aromatic heterocycles. The summed E-state index contributed by atoms with van der Waals surface area (Å²) in [6.45, 7) is 5.69. The number of carbonyl (C=O) groups excluding carboxylic acids is 1. The van der Waals surface area contributed by atoms with Crippen molar-refractivity contribution in [3.05, 3.63) is 23.9 Å². The van der Waals surface area contributed by atoms with E-state index < -0.39 is 0 Å². The van der Waals surface area contributed by atoms with E-state index in [1.165, 1.54) is 0 Å². The minimum absolute atomic E-state index is 0.0814. The average Bonchev–Trinajstić information content (AvgIpc) is 2.98. The zero-order valence-electron chi connectivity index (χ0n) is 13.5. The molecule has 0 aromatic carbocycles. The van der Waals surface area contributed by atoms with Gasteiger partial charge in [-0.25, -0.2) is 4.98 Å². The zero-order valence-corrected chi connectivity index (χ0v) is 13.5. The van der Waals surface area contributed by atoms with Crippen LogP contribution in [0.25, 0.3) is 0 Å². The number of aliphatic hydroxyl groups is 1. The molecule has 126 valence electrons. The molecular formula is C16H25N5O2. The molecule has 2 aliphatic heterocycles. The summed E-state index contributed by atoms with van der Waals surface area (Å²) in [6.07, 6.45) is 1.31. The van der Waals surface area contributed by atoms with Gasteiger partial charge in [0.15, 0.2) is 0 Å². The lowest BCUT2D eigenvalue weighted by atomic mass is 10.1. The molecular weight excluding hydrogens is 294 g/mol. The average molecular weight is 319 g/mol. The standard InChI is InChI=1S/C16H25N5O2/c1-20-4-6-21(7-5-20)15-8-12(2-3-18-15)16(23)19-10-13-9-17-11-14(13)22/h2-3,8,13-14,17,22H,4-7,9-11H2,1H3,(H,19,23). The van der Waals surface area contributed by atoms with Gasteiger partial charge in [-0.05, 0) is 19.2 Å². The molecule has 0 saturated carbocycles. The van der Waals surface area contributed by atoms with E-state index in [4.69, 9.17) is 0 Å². The largest absolute Gasteiger partial charge is 0.391 e. The lowest BCUT2D eigenvalue weighted by Gasteiger charge is -2.33. The highest BCUT2D eigenvalue weighted by Gasteiger charge is 2.25. The predicted molar refractivity (Wildman–Crippen MR) is 88.6 cm³/mol. The Morgan fingerprint density at radius 2 is 2.17 bits per heavy atom. The van der Waals surface area contributed by atoms with Crippen LogP contribution >= 0.6 is 0 Å². The molecule has 1 aromatic rings. The smallest absolute Gasteiger partial charge is 0.251 e. The van der Waals surface area contributed by atoms with Gasteiger partial charge in [0.2, 0.25) is 0 Å². The molecule has 0 spiro atoms. The second kappa shape index (κ2) is 7.25. The fourth-order valence-electron chi connectivity index (χ4n) is 3.02. The number of nitrogens with zero attached hydrogens (tertiary/aromatic N) is 3. The summed E-state index contributed by atoms with van der Waals surface area (Å²) >= 11 is 0. The molecule has 23 heavy (non-hydrogen) atoms. The number of amides is 1. The second-order valence-electron chi connectivity index (χ2n) is 6.39. The van der Waals surface area contributed by atoms with E-state index in [0.29, 0.717) is 18.7 Å². The van der Waals surface area contributed by atoms with Crippen LogP contribution in [0.4, 0.5) is 5.82 Å². The summed E-state index contributed by atoms with van der Waals surface area (Å²) in [5.41, 5.74) is 0.620. The third-order valence-corrected chi connectivity index (χ3v) is 4.66. The van der Waals surface area contributed by atoms with E-state index in [0.717, 1.165) is 38.5 Å². The molecule has 2 fully saturated rings. The van der Waals surface area contributed by atoms with Gasteiger partial charge in [0.05, 0.1) is 6.10 Å². The van der Waals surface area contributed by atoms with Gasteiger partial charge in [-0.1, -0.05) is 0 Å². The summed E-state index contributed by atoms with van der Waals surface area (Å²) in [6, 6.07) is 3.59. The fourth-order valence-corrected chi connectivity index (χ4v) is 3.02. The summed E-state index contributed by atoms with van der Waals surface area (Å²) in [4.78, 5) is 21.2. The lowest BCUT2D eigenvalue weighted by molar-refractivity contribution is 0.0927. The zero-order chi connectivity index (χ0) is 16.2. The van der Waals surface area contributed by atoms with Crippen molar-refractivity contribution in [2.24, 2.45) is 5.92 Å². The number of anilines is 1. The molecule has 0 aliphatic carbocycles. The van der Waals surface area contributed by atoms with E-state index in [-0.39, 0.29) is 17.9 Å². The topological polar surface area (TPSA) is 80.7 Å². The molecule has 3 N–H and O–H groups in total. The number of aromatic nitrogens is 1. The van der Waals surface area contributed by atoms with Crippen LogP contribution in [0.1, 0.15) is 10.4 Å². The number of rotatable bonds is 4. The number of likely N-dealkylation sites (N-methyl/N-ethyl adjacent to an activating group) is 1. The fraction of sp³-hybridized carbons (Fsp3) is 0.625. The Balaban J connectivity index is 1.59. The number of carbonyl (C=O) groups is 1. The Labute approximate surface area is 136 Å². The van der Waals surface area contributed by atoms with Gasteiger partial charge in [0.25, 0.3) is 5.91 Å². The Hall–Kier alpha value is -1.70. The minimum atomic E-state index is -0.381. The highest BCUT2D eigenvalue weighted by Crippen LogP contribution is 2.15. The summed E-state index contributed by atoms with van der Waals surface area (Å²) in [5.74, 6) is 0.827. The van der Waals surface area contributed by atoms with Crippen molar-refractivity contribution < 1.29 is 9.90 Å². The Morgan fingerprint density at radius 1 is 1.39 bits per heavy atom. The second-order valence-corrected chi connectivity index (χ2v) is 6.39. The molecule has 0 bridgehead atoms. The van der Waals surface area contributed by atoms with Crippen LogP contribution < -0.4 is 15.5 Å². The SMILES string of the molecule is CN1CCN(c2cc(C(=O)NCC3CNCC3O)ccn2)CC1. The van der Waals surface area contributed by atoms with E-state index in [9.17, 15) is 9.90 Å². The van der Waals surface area contributed by atoms with Crippen molar-refractivity contribution in [3.8, 4) is 0 Å². The van der Waals surface area contributed by atoms with E-state index in [1.807, 2.05) is 6.07 Å². The van der Waals surface area contributed by atoms with Gasteiger partial charge in [0, 0.05) is 63.5 Å². The third-order valence-electron chi connectivity index (χ3n) is 4.66. The van der Waals surface area contributed by atoms with Crippen LogP contribution in [0.3, 0.4) is 0 Å². The van der Waals surface area contributed by atoms with Gasteiger partial charge < -0.3 is 25.5 Å². The molecule has 7 nitrogen and oxygen atoms in total. The third kappa shape index (κ3) is 3.99. The number of hydrogen-bond acceptors (Lipinski definition) is 6. The number of aliphatic hydroxyl groups excluding tert-OH is 1. The first kappa shape index (κ1) is 16.2. The summed E-state index contributed by atoms with van der Waals surface area (Å²) < 4.78 is 0. The highest BCUT2D eigenvalue weighted by molar-refractivity contribution is 5.94. The van der Waals surface area contributed by atoms with Crippen LogP contribution in [0.15, 0.2) is 18.3 Å². The first-order chi connectivity index (χ1) is 11.1. The maximum atomic E-state index is 12.3. The van der Waals surface area contributed by atoms with Gasteiger partial charge >= 0.3 is 0 Å². The first-order valence-electron chi connectivity index (χ1n) is 8.20. The predicted octanol–water partition coefficient (Wildman–Crippen LogP) is -0.856. The summed E-state index contributed by atoms with van der Waals surface area (Å²) in [7, 11) is 2.11. The molecule has 2 atom stereocenters. The van der Waals surface area contributed by atoms with Gasteiger partial charge in [-0.2, -0.15) is 0 Å². The summed E-state index contributed by atoms with van der Waals surface area (Å²) in [5, 5.41) is 15.8. The monoisotopic (exact) mass is 319 g/mol. The van der Waals surface area contributed by atoms with E-state index >= 15 is 0 Å². The van der Waals surface area contributed by atoms with Crippen molar-refractivity contribution in [2.45, 2.75) is 6.10 Å². The number of nitrogens with one attached hydrogen (secondary N) is 2.